The number of ether oxygens (including phenoxy) is 2. The SMILES string of the molecule is COC(=O)c1ccc(NCCCC(=O)O)nc1OC. The molecule has 0 aromatic carbocycles. The summed E-state index contributed by atoms with van der Waals surface area (Å²) in [7, 11) is 2.68. The highest BCUT2D eigenvalue weighted by Crippen LogP contribution is 2.19. The van der Waals surface area contributed by atoms with Crippen molar-refractivity contribution in [2.75, 3.05) is 26.1 Å². The average Bonchev–Trinajstić information content (AvgIpc) is 2.42. The van der Waals surface area contributed by atoms with Crippen LogP contribution in [-0.4, -0.2) is 42.8 Å². The number of hydrogen-bond acceptors (Lipinski definition) is 6. The number of aliphatic carboxylic acids is 1. The second-order valence-corrected chi connectivity index (χ2v) is 3.67. The van der Waals surface area contributed by atoms with Crippen LogP contribution >= 0.6 is 0 Å². The van der Waals surface area contributed by atoms with E-state index in [1.165, 1.54) is 20.3 Å². The van der Waals surface area contributed by atoms with Crippen molar-refractivity contribution < 1.29 is 24.2 Å². The summed E-state index contributed by atoms with van der Waals surface area (Å²) < 4.78 is 9.61. The molecule has 0 saturated heterocycles. The molecule has 0 atom stereocenters. The molecule has 19 heavy (non-hydrogen) atoms. The van der Waals surface area contributed by atoms with Crippen LogP contribution in [-0.2, 0) is 9.53 Å². The summed E-state index contributed by atoms with van der Waals surface area (Å²) in [6, 6.07) is 3.15. The highest BCUT2D eigenvalue weighted by Gasteiger charge is 2.14. The molecule has 7 nitrogen and oxygen atoms in total. The van der Waals surface area contributed by atoms with Gasteiger partial charge in [-0.1, -0.05) is 0 Å². The number of aromatic nitrogens is 1. The van der Waals surface area contributed by atoms with E-state index in [0.29, 0.717) is 18.8 Å². The molecule has 0 saturated carbocycles. The van der Waals surface area contributed by atoms with Gasteiger partial charge in [-0.05, 0) is 18.6 Å². The number of methoxy groups -OCH3 is 2. The molecule has 0 fully saturated rings. The van der Waals surface area contributed by atoms with Crippen LogP contribution in [0.2, 0.25) is 0 Å². The Morgan fingerprint density at radius 1 is 1.37 bits per heavy atom. The standard InChI is InChI=1S/C12H16N2O5/c1-18-11-8(12(17)19-2)5-6-9(14-11)13-7-3-4-10(15)16/h5-6H,3-4,7H2,1-2H3,(H,13,14)(H,15,16). The monoisotopic (exact) mass is 268 g/mol. The van der Waals surface area contributed by atoms with Crippen molar-refractivity contribution in [1.29, 1.82) is 0 Å². The molecule has 7 heteroatoms. The Balaban J connectivity index is 2.66. The molecule has 0 aliphatic rings. The fourth-order valence-electron chi connectivity index (χ4n) is 1.42. The third kappa shape index (κ3) is 4.46. The second-order valence-electron chi connectivity index (χ2n) is 3.67. The first-order valence-corrected chi connectivity index (χ1v) is 5.67. The molecule has 0 radical (unpaired) electrons. The maximum atomic E-state index is 11.4. The van der Waals surface area contributed by atoms with E-state index in [1.807, 2.05) is 0 Å². The summed E-state index contributed by atoms with van der Waals surface area (Å²) in [4.78, 5) is 25.9. The summed E-state index contributed by atoms with van der Waals surface area (Å²) >= 11 is 0. The fraction of sp³-hybridized carbons (Fsp3) is 0.417. The molecule has 0 unspecified atom stereocenters. The molecule has 104 valence electrons. The predicted molar refractivity (Wildman–Crippen MR) is 67.5 cm³/mol. The lowest BCUT2D eigenvalue weighted by molar-refractivity contribution is -0.137. The van der Waals surface area contributed by atoms with E-state index in [2.05, 4.69) is 15.0 Å². The lowest BCUT2D eigenvalue weighted by Crippen LogP contribution is -2.09. The van der Waals surface area contributed by atoms with Crippen LogP contribution in [0.4, 0.5) is 5.82 Å². The van der Waals surface area contributed by atoms with Crippen molar-refractivity contribution in [3.05, 3.63) is 17.7 Å². The van der Waals surface area contributed by atoms with Gasteiger partial charge in [0.15, 0.2) is 0 Å². The van der Waals surface area contributed by atoms with Crippen LogP contribution in [0, 0.1) is 0 Å². The molecule has 0 aliphatic carbocycles. The molecule has 2 N–H and O–H groups in total. The Hall–Kier alpha value is -2.31. The fourth-order valence-corrected chi connectivity index (χ4v) is 1.42. The number of nitrogens with zero attached hydrogens (tertiary/aromatic N) is 1. The molecule has 0 spiro atoms. The van der Waals surface area contributed by atoms with E-state index in [1.54, 1.807) is 6.07 Å². The number of carboxylic acid groups (broad SMARTS) is 1. The van der Waals surface area contributed by atoms with Gasteiger partial charge in [0.2, 0.25) is 5.88 Å². The van der Waals surface area contributed by atoms with Gasteiger partial charge in [0, 0.05) is 13.0 Å². The van der Waals surface area contributed by atoms with Crippen molar-refractivity contribution in [3.8, 4) is 5.88 Å². The number of rotatable bonds is 7. The third-order valence-corrected chi connectivity index (χ3v) is 2.33. The normalized spacial score (nSPS) is 9.79. The molecule has 1 heterocycles. The van der Waals surface area contributed by atoms with Crippen molar-refractivity contribution in [3.63, 3.8) is 0 Å². The van der Waals surface area contributed by atoms with E-state index >= 15 is 0 Å². The Morgan fingerprint density at radius 3 is 2.68 bits per heavy atom. The lowest BCUT2D eigenvalue weighted by atomic mass is 10.2. The minimum Gasteiger partial charge on any atom is -0.481 e. The quantitative estimate of drug-likeness (QED) is 0.565. The van der Waals surface area contributed by atoms with Crippen molar-refractivity contribution >= 4 is 17.8 Å². The second kappa shape index (κ2) is 7.20. The van der Waals surface area contributed by atoms with Crippen molar-refractivity contribution in [1.82, 2.24) is 4.98 Å². The van der Waals surface area contributed by atoms with Gasteiger partial charge < -0.3 is 19.9 Å². The van der Waals surface area contributed by atoms with Gasteiger partial charge in [-0.3, -0.25) is 4.79 Å². The number of esters is 1. The van der Waals surface area contributed by atoms with Gasteiger partial charge in [0.05, 0.1) is 14.2 Å². The number of anilines is 1. The smallest absolute Gasteiger partial charge is 0.343 e. The zero-order valence-electron chi connectivity index (χ0n) is 10.8. The first-order chi connectivity index (χ1) is 9.08. The number of nitrogens with one attached hydrogen (secondary N) is 1. The van der Waals surface area contributed by atoms with E-state index in [0.717, 1.165) is 0 Å². The Kier molecular flexibility index (Phi) is 5.59. The van der Waals surface area contributed by atoms with Gasteiger partial charge in [0.1, 0.15) is 11.4 Å². The van der Waals surface area contributed by atoms with E-state index in [4.69, 9.17) is 9.84 Å². The van der Waals surface area contributed by atoms with Crippen molar-refractivity contribution in [2.45, 2.75) is 12.8 Å². The van der Waals surface area contributed by atoms with Crippen molar-refractivity contribution in [2.24, 2.45) is 0 Å². The highest BCUT2D eigenvalue weighted by molar-refractivity contribution is 5.92. The van der Waals surface area contributed by atoms with Crippen LogP contribution < -0.4 is 10.1 Å². The van der Waals surface area contributed by atoms with E-state index < -0.39 is 11.9 Å². The Bertz CT molecular complexity index is 461. The molecule has 0 amide bonds. The predicted octanol–water partition coefficient (Wildman–Crippen LogP) is 1.15. The number of carbonyl (C=O) groups is 2. The maximum absolute atomic E-state index is 11.4. The summed E-state index contributed by atoms with van der Waals surface area (Å²) in [6.07, 6.45) is 0.572. The Labute approximate surface area is 110 Å². The topological polar surface area (TPSA) is 97.8 Å². The Morgan fingerprint density at radius 2 is 2.11 bits per heavy atom. The molecule has 1 aromatic heterocycles. The molecular formula is C12H16N2O5. The van der Waals surface area contributed by atoms with Crippen LogP contribution in [0.15, 0.2) is 12.1 Å². The summed E-state index contributed by atoms with van der Waals surface area (Å²) in [5, 5.41) is 11.5. The number of pyridine rings is 1. The highest BCUT2D eigenvalue weighted by atomic mass is 16.5. The number of hydrogen-bond donors (Lipinski definition) is 2. The first kappa shape index (κ1) is 14.7. The zero-order valence-corrected chi connectivity index (χ0v) is 10.8. The first-order valence-electron chi connectivity index (χ1n) is 5.67. The number of carbonyl (C=O) groups excluding carboxylic acids is 1. The molecule has 0 aliphatic heterocycles. The summed E-state index contributed by atoms with van der Waals surface area (Å²) in [5.74, 6) is -0.694. The van der Waals surface area contributed by atoms with Crippen LogP contribution in [0.1, 0.15) is 23.2 Å². The molecular weight excluding hydrogens is 252 g/mol. The van der Waals surface area contributed by atoms with Crippen LogP contribution in [0.5, 0.6) is 5.88 Å². The van der Waals surface area contributed by atoms with Gasteiger partial charge >= 0.3 is 11.9 Å². The molecule has 0 bridgehead atoms. The van der Waals surface area contributed by atoms with Crippen LogP contribution in [0.25, 0.3) is 0 Å². The van der Waals surface area contributed by atoms with Crippen LogP contribution in [0.3, 0.4) is 0 Å². The zero-order chi connectivity index (χ0) is 14.3. The summed E-state index contributed by atoms with van der Waals surface area (Å²) in [6.45, 7) is 0.472. The lowest BCUT2D eigenvalue weighted by Gasteiger charge is -2.09. The van der Waals surface area contributed by atoms with Gasteiger partial charge in [-0.25, -0.2) is 4.79 Å². The minimum atomic E-state index is -0.839. The molecule has 1 rings (SSSR count). The number of carboxylic acids is 1. The maximum Gasteiger partial charge on any atom is 0.343 e. The van der Waals surface area contributed by atoms with Gasteiger partial charge in [-0.2, -0.15) is 4.98 Å². The van der Waals surface area contributed by atoms with Gasteiger partial charge in [0.25, 0.3) is 0 Å². The summed E-state index contributed by atoms with van der Waals surface area (Å²) in [5.41, 5.74) is 0.237. The molecule has 1 aromatic rings. The van der Waals surface area contributed by atoms with E-state index in [9.17, 15) is 9.59 Å². The largest absolute Gasteiger partial charge is 0.481 e. The third-order valence-electron chi connectivity index (χ3n) is 2.33. The van der Waals surface area contributed by atoms with Gasteiger partial charge in [-0.15, -0.1) is 0 Å². The van der Waals surface area contributed by atoms with E-state index in [-0.39, 0.29) is 17.9 Å². The average molecular weight is 268 g/mol. The minimum absolute atomic E-state index is 0.0877.